The van der Waals surface area contributed by atoms with Crippen LogP contribution in [0.3, 0.4) is 0 Å². The SMILES string of the molecule is COC(=O)COc1ccc(C=NNC(=O)CN(c2ccc(OC)c(OC)c2)S(=O)(=O)c2ccc(C)cc2)cc1. The molecule has 0 spiro atoms. The highest BCUT2D eigenvalue weighted by Crippen LogP contribution is 2.33. The quantitative estimate of drug-likeness (QED) is 0.205. The Bertz CT molecular complexity index is 1420. The predicted molar refractivity (Wildman–Crippen MR) is 145 cm³/mol. The molecule has 0 aliphatic carbocycles. The van der Waals surface area contributed by atoms with E-state index < -0.39 is 28.4 Å². The van der Waals surface area contributed by atoms with Gasteiger partial charge in [0.25, 0.3) is 15.9 Å². The van der Waals surface area contributed by atoms with E-state index in [-0.39, 0.29) is 17.2 Å². The standard InChI is InChI=1S/C27H29N3O8S/c1-19-5-12-23(13-6-19)39(33,34)30(21-9-14-24(35-2)25(15-21)36-3)17-26(31)29-28-16-20-7-10-22(11-8-20)38-18-27(32)37-4/h5-16H,17-18H2,1-4H3,(H,29,31). The van der Waals surface area contributed by atoms with E-state index in [1.165, 1.54) is 51.8 Å². The largest absolute Gasteiger partial charge is 0.493 e. The summed E-state index contributed by atoms with van der Waals surface area (Å²) in [5, 5.41) is 3.93. The number of hydrazone groups is 1. The molecule has 1 amide bonds. The van der Waals surface area contributed by atoms with Gasteiger partial charge < -0.3 is 18.9 Å². The van der Waals surface area contributed by atoms with E-state index in [4.69, 9.17) is 14.2 Å². The van der Waals surface area contributed by atoms with Gasteiger partial charge in [0, 0.05) is 6.07 Å². The van der Waals surface area contributed by atoms with Crippen LogP contribution in [-0.4, -0.2) is 61.0 Å². The fourth-order valence-corrected chi connectivity index (χ4v) is 4.74. The third kappa shape index (κ3) is 7.71. The van der Waals surface area contributed by atoms with E-state index in [1.807, 2.05) is 6.92 Å². The fraction of sp³-hybridized carbons (Fsp3) is 0.222. The first kappa shape index (κ1) is 29.0. The Morgan fingerprint density at radius 3 is 2.21 bits per heavy atom. The van der Waals surface area contributed by atoms with Gasteiger partial charge in [-0.25, -0.2) is 18.6 Å². The van der Waals surface area contributed by atoms with Crippen molar-refractivity contribution >= 4 is 33.8 Å². The van der Waals surface area contributed by atoms with Crippen molar-refractivity contribution in [1.29, 1.82) is 0 Å². The number of aryl methyl sites for hydroxylation is 1. The molecule has 0 fully saturated rings. The summed E-state index contributed by atoms with van der Waals surface area (Å²) in [7, 11) is 0.0350. The lowest BCUT2D eigenvalue weighted by atomic mass is 10.2. The minimum absolute atomic E-state index is 0.0219. The number of sulfonamides is 1. The summed E-state index contributed by atoms with van der Waals surface area (Å²) >= 11 is 0. The van der Waals surface area contributed by atoms with Crippen molar-refractivity contribution in [1.82, 2.24) is 5.43 Å². The van der Waals surface area contributed by atoms with Gasteiger partial charge in [0.2, 0.25) is 0 Å². The van der Waals surface area contributed by atoms with Crippen molar-refractivity contribution < 1.29 is 37.0 Å². The third-order valence-corrected chi connectivity index (χ3v) is 7.21. The monoisotopic (exact) mass is 555 g/mol. The molecule has 0 heterocycles. The molecular formula is C27H29N3O8S. The molecule has 0 aliphatic heterocycles. The van der Waals surface area contributed by atoms with Crippen molar-refractivity contribution in [3.05, 3.63) is 77.9 Å². The van der Waals surface area contributed by atoms with E-state index in [9.17, 15) is 18.0 Å². The number of nitrogens with zero attached hydrogens (tertiary/aromatic N) is 2. The fourth-order valence-electron chi connectivity index (χ4n) is 3.33. The summed E-state index contributed by atoms with van der Waals surface area (Å²) in [5.41, 5.74) is 4.08. The van der Waals surface area contributed by atoms with Crippen molar-refractivity contribution in [3.8, 4) is 17.2 Å². The molecule has 0 radical (unpaired) electrons. The number of carbonyl (C=O) groups is 2. The van der Waals surface area contributed by atoms with Crippen LogP contribution in [0.15, 0.2) is 76.7 Å². The third-order valence-electron chi connectivity index (χ3n) is 5.42. The van der Waals surface area contributed by atoms with Crippen LogP contribution >= 0.6 is 0 Å². The highest BCUT2D eigenvalue weighted by molar-refractivity contribution is 7.92. The van der Waals surface area contributed by atoms with Crippen molar-refractivity contribution in [2.24, 2.45) is 5.10 Å². The average molecular weight is 556 g/mol. The van der Waals surface area contributed by atoms with Crippen LogP contribution in [0.4, 0.5) is 5.69 Å². The molecule has 11 nitrogen and oxygen atoms in total. The van der Waals surface area contributed by atoms with Gasteiger partial charge in [-0.05, 0) is 61.0 Å². The summed E-state index contributed by atoms with van der Waals surface area (Å²) in [5.74, 6) is -0.0145. The van der Waals surface area contributed by atoms with Crippen LogP contribution in [0, 0.1) is 6.92 Å². The Labute approximate surface area is 227 Å². The van der Waals surface area contributed by atoms with Crippen LogP contribution < -0.4 is 23.9 Å². The molecule has 12 heteroatoms. The minimum atomic E-state index is -4.13. The van der Waals surface area contributed by atoms with Crippen LogP contribution in [0.5, 0.6) is 17.2 Å². The first-order chi connectivity index (χ1) is 18.7. The van der Waals surface area contributed by atoms with Crippen molar-refractivity contribution in [3.63, 3.8) is 0 Å². The summed E-state index contributed by atoms with van der Waals surface area (Å²) in [6, 6.07) is 17.4. The molecule has 39 heavy (non-hydrogen) atoms. The zero-order chi connectivity index (χ0) is 28.4. The molecule has 0 unspecified atom stereocenters. The van der Waals surface area contributed by atoms with Gasteiger partial charge in [0.15, 0.2) is 18.1 Å². The second-order valence-corrected chi connectivity index (χ2v) is 9.95. The topological polar surface area (TPSA) is 133 Å². The van der Waals surface area contributed by atoms with Gasteiger partial charge in [-0.1, -0.05) is 17.7 Å². The lowest BCUT2D eigenvalue weighted by Gasteiger charge is -2.24. The number of esters is 1. The number of anilines is 1. The predicted octanol–water partition coefficient (Wildman–Crippen LogP) is 2.91. The number of methoxy groups -OCH3 is 3. The number of benzene rings is 3. The van der Waals surface area contributed by atoms with Crippen molar-refractivity contribution in [2.45, 2.75) is 11.8 Å². The summed E-state index contributed by atoms with van der Waals surface area (Å²) in [6.45, 7) is 1.07. The number of amides is 1. The number of hydrogen-bond acceptors (Lipinski definition) is 9. The molecule has 0 aromatic heterocycles. The Hall–Kier alpha value is -4.58. The van der Waals surface area contributed by atoms with E-state index >= 15 is 0 Å². The van der Waals surface area contributed by atoms with Gasteiger partial charge in [0.1, 0.15) is 12.3 Å². The summed E-state index contributed by atoms with van der Waals surface area (Å²) in [6.07, 6.45) is 1.39. The van der Waals surface area contributed by atoms with Gasteiger partial charge in [-0.2, -0.15) is 5.10 Å². The maximum atomic E-state index is 13.6. The Balaban J connectivity index is 1.78. The van der Waals surface area contributed by atoms with Gasteiger partial charge >= 0.3 is 5.97 Å². The lowest BCUT2D eigenvalue weighted by molar-refractivity contribution is -0.142. The number of rotatable bonds is 12. The molecule has 0 saturated carbocycles. The van der Waals surface area contributed by atoms with Crippen LogP contribution in [0.1, 0.15) is 11.1 Å². The Kier molecular flexibility index (Phi) is 9.87. The minimum Gasteiger partial charge on any atom is -0.493 e. The molecule has 0 aliphatic rings. The molecule has 3 rings (SSSR count). The molecule has 0 saturated heterocycles. The molecule has 0 atom stereocenters. The molecule has 0 bridgehead atoms. The highest BCUT2D eigenvalue weighted by Gasteiger charge is 2.28. The molecule has 3 aromatic rings. The number of ether oxygens (including phenoxy) is 4. The maximum Gasteiger partial charge on any atom is 0.343 e. The Morgan fingerprint density at radius 2 is 1.59 bits per heavy atom. The first-order valence-corrected chi connectivity index (χ1v) is 13.0. The lowest BCUT2D eigenvalue weighted by Crippen LogP contribution is -2.39. The van der Waals surface area contributed by atoms with Crippen LogP contribution in [-0.2, 0) is 24.3 Å². The highest BCUT2D eigenvalue weighted by atomic mass is 32.2. The van der Waals surface area contributed by atoms with Gasteiger partial charge in [-0.3, -0.25) is 9.10 Å². The first-order valence-electron chi connectivity index (χ1n) is 11.6. The second kappa shape index (κ2) is 13.3. The van der Waals surface area contributed by atoms with Crippen LogP contribution in [0.2, 0.25) is 0 Å². The van der Waals surface area contributed by atoms with E-state index in [2.05, 4.69) is 15.3 Å². The Morgan fingerprint density at radius 1 is 0.923 bits per heavy atom. The van der Waals surface area contributed by atoms with E-state index in [0.29, 0.717) is 22.8 Å². The van der Waals surface area contributed by atoms with E-state index in [1.54, 1.807) is 42.5 Å². The average Bonchev–Trinajstić information content (AvgIpc) is 2.95. The smallest absolute Gasteiger partial charge is 0.343 e. The number of hydrogen-bond donors (Lipinski definition) is 1. The molecule has 1 N–H and O–H groups in total. The number of carbonyl (C=O) groups excluding carboxylic acids is 2. The van der Waals surface area contributed by atoms with E-state index in [0.717, 1.165) is 9.87 Å². The maximum absolute atomic E-state index is 13.6. The number of nitrogens with one attached hydrogen (secondary N) is 1. The summed E-state index contributed by atoms with van der Waals surface area (Å²) in [4.78, 5) is 24.0. The normalized spacial score (nSPS) is 11.1. The zero-order valence-corrected chi connectivity index (χ0v) is 22.7. The molecular weight excluding hydrogens is 526 g/mol. The van der Waals surface area contributed by atoms with Gasteiger partial charge in [-0.15, -0.1) is 0 Å². The second-order valence-electron chi connectivity index (χ2n) is 8.09. The molecule has 3 aromatic carbocycles. The van der Waals surface area contributed by atoms with Crippen molar-refractivity contribution in [2.75, 3.05) is 38.8 Å². The zero-order valence-electron chi connectivity index (χ0n) is 21.9. The van der Waals surface area contributed by atoms with Crippen LogP contribution in [0.25, 0.3) is 0 Å². The molecule has 206 valence electrons. The summed E-state index contributed by atoms with van der Waals surface area (Å²) < 4.78 is 48.5. The van der Waals surface area contributed by atoms with Gasteiger partial charge in [0.05, 0.1) is 38.1 Å².